The fourth-order valence-electron chi connectivity index (χ4n) is 3.86. The average Bonchev–Trinajstić information content (AvgIpc) is 2.81. The molecule has 0 saturated heterocycles. The van der Waals surface area contributed by atoms with Gasteiger partial charge in [0.05, 0.1) is 17.4 Å². The number of nitrogens with zero attached hydrogens (tertiary/aromatic N) is 2. The molecule has 4 aromatic rings. The Balaban J connectivity index is 1.71. The predicted molar refractivity (Wildman–Crippen MR) is 132 cm³/mol. The van der Waals surface area contributed by atoms with E-state index < -0.39 is 5.69 Å². The van der Waals surface area contributed by atoms with Crippen molar-refractivity contribution in [2.45, 2.75) is 39.8 Å². The first-order valence-corrected chi connectivity index (χ1v) is 11.0. The van der Waals surface area contributed by atoms with Crippen LogP contribution >= 0.6 is 0 Å². The standard InChI is InChI=1S/C27H27N3O3/c1-18(2)21-7-6-8-22(15-21)28-25(31)17-29-24-10-5-4-9-23(24)26(32)30(27(29)33)16-20-13-11-19(3)12-14-20/h4-15,18H,16-17H2,1-3H3,(H,28,31). The van der Waals surface area contributed by atoms with Crippen LogP contribution in [-0.2, 0) is 17.9 Å². The third kappa shape index (κ3) is 4.80. The largest absolute Gasteiger partial charge is 0.332 e. The van der Waals surface area contributed by atoms with Gasteiger partial charge in [-0.05, 0) is 48.2 Å². The normalized spacial score (nSPS) is 11.2. The lowest BCUT2D eigenvalue weighted by Crippen LogP contribution is -2.42. The smallest absolute Gasteiger partial charge is 0.325 e. The number of rotatable bonds is 6. The minimum absolute atomic E-state index is 0.140. The van der Waals surface area contributed by atoms with Crippen molar-refractivity contribution in [2.75, 3.05) is 5.32 Å². The highest BCUT2D eigenvalue weighted by atomic mass is 16.2. The van der Waals surface area contributed by atoms with Gasteiger partial charge in [-0.3, -0.25) is 18.7 Å². The molecule has 0 bridgehead atoms. The van der Waals surface area contributed by atoms with Crippen molar-refractivity contribution in [1.29, 1.82) is 0 Å². The van der Waals surface area contributed by atoms with Crippen molar-refractivity contribution in [3.05, 3.63) is 110 Å². The fourth-order valence-corrected chi connectivity index (χ4v) is 3.86. The summed E-state index contributed by atoms with van der Waals surface area (Å²) in [7, 11) is 0. The van der Waals surface area contributed by atoms with Gasteiger partial charge in [-0.15, -0.1) is 0 Å². The van der Waals surface area contributed by atoms with E-state index in [0.717, 1.165) is 16.7 Å². The molecule has 1 aromatic heterocycles. The van der Waals surface area contributed by atoms with Gasteiger partial charge in [0.15, 0.2) is 0 Å². The molecule has 0 spiro atoms. The second kappa shape index (κ2) is 9.28. The maximum absolute atomic E-state index is 13.4. The Labute approximate surface area is 192 Å². The third-order valence-electron chi connectivity index (χ3n) is 5.73. The van der Waals surface area contributed by atoms with Crippen LogP contribution < -0.4 is 16.6 Å². The van der Waals surface area contributed by atoms with Crippen LogP contribution in [0.25, 0.3) is 10.9 Å². The summed E-state index contributed by atoms with van der Waals surface area (Å²) < 4.78 is 2.56. The molecule has 0 fully saturated rings. The second-order valence-corrected chi connectivity index (χ2v) is 8.59. The molecule has 3 aromatic carbocycles. The monoisotopic (exact) mass is 441 g/mol. The number of nitrogens with one attached hydrogen (secondary N) is 1. The quantitative estimate of drug-likeness (QED) is 0.485. The summed E-state index contributed by atoms with van der Waals surface area (Å²) in [6.07, 6.45) is 0. The van der Waals surface area contributed by atoms with Crippen LogP contribution in [0, 0.1) is 6.92 Å². The number of amides is 1. The highest BCUT2D eigenvalue weighted by molar-refractivity contribution is 5.91. The number of hydrogen-bond acceptors (Lipinski definition) is 3. The fraction of sp³-hybridized carbons (Fsp3) is 0.222. The number of para-hydroxylation sites is 1. The summed E-state index contributed by atoms with van der Waals surface area (Å²) in [5.74, 6) is 0.00226. The predicted octanol–water partition coefficient (Wildman–Crippen LogP) is 4.28. The number of carbonyl (C=O) groups is 1. The van der Waals surface area contributed by atoms with Crippen LogP contribution in [-0.4, -0.2) is 15.0 Å². The molecule has 0 aliphatic rings. The molecule has 6 nitrogen and oxygen atoms in total. The van der Waals surface area contributed by atoms with Crippen LogP contribution in [0.3, 0.4) is 0 Å². The van der Waals surface area contributed by atoms with Crippen LogP contribution in [0.4, 0.5) is 5.69 Å². The summed E-state index contributed by atoms with van der Waals surface area (Å²) in [5.41, 5.74) is 3.30. The number of aromatic nitrogens is 2. The zero-order chi connectivity index (χ0) is 23.5. The summed E-state index contributed by atoms with van der Waals surface area (Å²) in [5, 5.41) is 3.28. The molecular formula is C27H27N3O3. The Morgan fingerprint density at radius 3 is 2.36 bits per heavy atom. The molecule has 33 heavy (non-hydrogen) atoms. The van der Waals surface area contributed by atoms with E-state index in [1.807, 2.05) is 55.5 Å². The number of aryl methyl sites for hydroxylation is 1. The van der Waals surface area contributed by atoms with Crippen LogP contribution in [0.15, 0.2) is 82.4 Å². The van der Waals surface area contributed by atoms with Gasteiger partial charge in [0.2, 0.25) is 5.91 Å². The lowest BCUT2D eigenvalue weighted by Gasteiger charge is -2.15. The molecule has 6 heteroatoms. The van der Waals surface area contributed by atoms with Gasteiger partial charge < -0.3 is 5.32 Å². The van der Waals surface area contributed by atoms with E-state index in [4.69, 9.17) is 0 Å². The zero-order valence-corrected chi connectivity index (χ0v) is 19.0. The summed E-state index contributed by atoms with van der Waals surface area (Å²) in [6, 6.07) is 22.2. The van der Waals surface area contributed by atoms with E-state index in [-0.39, 0.29) is 24.6 Å². The van der Waals surface area contributed by atoms with Crippen molar-refractivity contribution >= 4 is 22.5 Å². The third-order valence-corrected chi connectivity index (χ3v) is 5.73. The molecule has 0 radical (unpaired) electrons. The molecule has 168 valence electrons. The van der Waals surface area contributed by atoms with Crippen molar-refractivity contribution in [1.82, 2.24) is 9.13 Å². The summed E-state index contributed by atoms with van der Waals surface area (Å²) >= 11 is 0. The van der Waals surface area contributed by atoms with Crippen molar-refractivity contribution in [3.63, 3.8) is 0 Å². The first kappa shape index (κ1) is 22.3. The summed E-state index contributed by atoms with van der Waals surface area (Å²) in [6.45, 7) is 6.10. The van der Waals surface area contributed by atoms with Crippen molar-refractivity contribution in [2.24, 2.45) is 0 Å². The second-order valence-electron chi connectivity index (χ2n) is 8.59. The molecule has 0 saturated carbocycles. The van der Waals surface area contributed by atoms with Crippen molar-refractivity contribution < 1.29 is 4.79 Å². The molecule has 1 heterocycles. The minimum atomic E-state index is -0.509. The van der Waals surface area contributed by atoms with E-state index in [2.05, 4.69) is 19.2 Å². The molecule has 0 atom stereocenters. The van der Waals surface area contributed by atoms with Gasteiger partial charge in [-0.2, -0.15) is 0 Å². The minimum Gasteiger partial charge on any atom is -0.325 e. The number of anilines is 1. The average molecular weight is 442 g/mol. The van der Waals surface area contributed by atoms with Crippen LogP contribution in [0.2, 0.25) is 0 Å². The maximum Gasteiger partial charge on any atom is 0.332 e. The Kier molecular flexibility index (Phi) is 6.27. The Bertz CT molecular complexity index is 1430. The van der Waals surface area contributed by atoms with Gasteiger partial charge >= 0.3 is 5.69 Å². The van der Waals surface area contributed by atoms with E-state index in [0.29, 0.717) is 22.5 Å². The zero-order valence-electron chi connectivity index (χ0n) is 19.0. The maximum atomic E-state index is 13.4. The van der Waals surface area contributed by atoms with Gasteiger partial charge in [0.25, 0.3) is 5.56 Å². The first-order valence-electron chi connectivity index (χ1n) is 11.0. The number of hydrogen-bond donors (Lipinski definition) is 1. The van der Waals surface area contributed by atoms with Gasteiger partial charge in [0.1, 0.15) is 6.54 Å². The highest BCUT2D eigenvalue weighted by Crippen LogP contribution is 2.18. The molecule has 1 amide bonds. The van der Waals surface area contributed by atoms with Gasteiger partial charge in [0, 0.05) is 5.69 Å². The highest BCUT2D eigenvalue weighted by Gasteiger charge is 2.16. The van der Waals surface area contributed by atoms with Crippen LogP contribution in [0.1, 0.15) is 36.5 Å². The van der Waals surface area contributed by atoms with E-state index in [1.165, 1.54) is 9.13 Å². The Morgan fingerprint density at radius 2 is 1.64 bits per heavy atom. The summed E-state index contributed by atoms with van der Waals surface area (Å²) in [4.78, 5) is 39.3. The molecule has 4 rings (SSSR count). The molecule has 0 unspecified atom stereocenters. The van der Waals surface area contributed by atoms with E-state index >= 15 is 0 Å². The molecule has 0 aliphatic heterocycles. The van der Waals surface area contributed by atoms with Crippen LogP contribution in [0.5, 0.6) is 0 Å². The molecular weight excluding hydrogens is 414 g/mol. The lowest BCUT2D eigenvalue weighted by molar-refractivity contribution is -0.116. The first-order chi connectivity index (χ1) is 15.8. The van der Waals surface area contributed by atoms with E-state index in [1.54, 1.807) is 24.3 Å². The molecule has 1 N–H and O–H groups in total. The van der Waals surface area contributed by atoms with E-state index in [9.17, 15) is 14.4 Å². The Morgan fingerprint density at radius 1 is 0.909 bits per heavy atom. The topological polar surface area (TPSA) is 73.1 Å². The Hall–Kier alpha value is -3.93. The van der Waals surface area contributed by atoms with Crippen molar-refractivity contribution in [3.8, 4) is 0 Å². The number of carbonyl (C=O) groups excluding carboxylic acids is 1. The lowest BCUT2D eigenvalue weighted by atomic mass is 10.0. The molecule has 0 aliphatic carbocycles. The SMILES string of the molecule is Cc1ccc(Cn2c(=O)c3ccccc3n(CC(=O)Nc3cccc(C(C)C)c3)c2=O)cc1. The number of benzene rings is 3. The number of fused-ring (bicyclic) bond motifs is 1. The van der Waals surface area contributed by atoms with Gasteiger partial charge in [-0.1, -0.05) is 67.9 Å². The van der Waals surface area contributed by atoms with Gasteiger partial charge in [-0.25, -0.2) is 4.79 Å².